The minimum absolute atomic E-state index is 0.0970. The van der Waals surface area contributed by atoms with Gasteiger partial charge in [0.05, 0.1) is 50.0 Å². The molecule has 0 aliphatic rings. The number of methoxy groups -OCH3 is 2. The molecular formula is C31H30F2O10S2. The summed E-state index contributed by atoms with van der Waals surface area (Å²) in [5.41, 5.74) is 0. The minimum atomic E-state index is -1.09. The Kier molecular flexibility index (Phi) is 11.3. The van der Waals surface area contributed by atoms with Gasteiger partial charge in [-0.3, -0.25) is 19.2 Å². The maximum atomic E-state index is 15.3. The van der Waals surface area contributed by atoms with Gasteiger partial charge < -0.3 is 29.2 Å². The van der Waals surface area contributed by atoms with Gasteiger partial charge in [0.15, 0.2) is 46.2 Å². The summed E-state index contributed by atoms with van der Waals surface area (Å²) in [6.07, 6.45) is 0.618. The number of thiophene rings is 2. The quantitative estimate of drug-likeness (QED) is 0.0832. The zero-order valence-electron chi connectivity index (χ0n) is 24.4. The maximum Gasteiger partial charge on any atom is 0.303 e. The number of hydrogen-bond acceptors (Lipinski definition) is 10. The fourth-order valence-electron chi connectivity index (χ4n) is 4.46. The van der Waals surface area contributed by atoms with Gasteiger partial charge in [0.2, 0.25) is 0 Å². The largest absolute Gasteiger partial charge is 0.493 e. The van der Waals surface area contributed by atoms with Crippen molar-refractivity contribution in [2.24, 2.45) is 0 Å². The van der Waals surface area contributed by atoms with Gasteiger partial charge in [-0.05, 0) is 31.4 Å². The Morgan fingerprint density at radius 1 is 0.644 bits per heavy atom. The van der Waals surface area contributed by atoms with E-state index in [1.165, 1.54) is 26.4 Å². The number of Topliss-reactive ketones (excluding diaryl/α,β-unsaturated/α-hetero) is 2. The highest BCUT2D eigenvalue weighted by Gasteiger charge is 2.22. The number of fused-ring (bicyclic) bond motifs is 2. The molecule has 0 unspecified atom stereocenters. The molecule has 240 valence electrons. The first kappa shape index (κ1) is 33.6. The second kappa shape index (κ2) is 15.1. The second-order valence-corrected chi connectivity index (χ2v) is 12.0. The van der Waals surface area contributed by atoms with Crippen LogP contribution in [-0.2, 0) is 9.59 Å². The third-order valence-electron chi connectivity index (χ3n) is 6.77. The van der Waals surface area contributed by atoms with E-state index in [0.29, 0.717) is 28.7 Å². The third-order valence-corrected chi connectivity index (χ3v) is 9.01. The number of rotatable bonds is 18. The van der Waals surface area contributed by atoms with E-state index in [-0.39, 0.29) is 94.0 Å². The van der Waals surface area contributed by atoms with Crippen molar-refractivity contribution in [2.45, 2.75) is 44.9 Å². The average molecular weight is 665 g/mol. The van der Waals surface area contributed by atoms with E-state index in [1.54, 1.807) is 12.1 Å². The van der Waals surface area contributed by atoms with Crippen molar-refractivity contribution in [3.63, 3.8) is 0 Å². The van der Waals surface area contributed by atoms with Crippen LogP contribution in [0, 0.1) is 11.6 Å². The Balaban J connectivity index is 1.33. The van der Waals surface area contributed by atoms with Crippen molar-refractivity contribution < 1.29 is 57.1 Å². The van der Waals surface area contributed by atoms with Crippen LogP contribution in [0.1, 0.15) is 64.3 Å². The number of unbranched alkanes of at least 4 members (excludes halogenated alkanes) is 2. The van der Waals surface area contributed by atoms with E-state index in [0.717, 1.165) is 22.7 Å². The van der Waals surface area contributed by atoms with Crippen molar-refractivity contribution in [1.82, 2.24) is 0 Å². The SMILES string of the molecule is COc1cc2sc(C(=O)CCC(=O)O)cc2c(F)c1OCCCCCOc1c(OC)cc2sc(C(=O)CCC(=O)O)cc2c1F. The molecule has 0 fully saturated rings. The molecule has 0 spiro atoms. The number of benzene rings is 2. The highest BCUT2D eigenvalue weighted by molar-refractivity contribution is 7.21. The Morgan fingerprint density at radius 2 is 1.04 bits per heavy atom. The molecule has 0 bridgehead atoms. The Morgan fingerprint density at radius 3 is 1.40 bits per heavy atom. The van der Waals surface area contributed by atoms with Crippen molar-refractivity contribution in [3.8, 4) is 23.0 Å². The van der Waals surface area contributed by atoms with Crippen molar-refractivity contribution in [2.75, 3.05) is 27.4 Å². The van der Waals surface area contributed by atoms with E-state index in [1.807, 2.05) is 0 Å². The van der Waals surface area contributed by atoms with Crippen LogP contribution in [0.4, 0.5) is 8.78 Å². The molecule has 2 aromatic carbocycles. The normalized spacial score (nSPS) is 11.1. The summed E-state index contributed by atoms with van der Waals surface area (Å²) in [5.74, 6) is -4.19. The first-order chi connectivity index (χ1) is 21.5. The predicted octanol–water partition coefficient (Wildman–Crippen LogP) is 7.13. The van der Waals surface area contributed by atoms with Crippen LogP contribution >= 0.6 is 22.7 Å². The van der Waals surface area contributed by atoms with Crippen molar-refractivity contribution >= 4 is 66.4 Å². The molecule has 0 aliphatic heterocycles. The topological polar surface area (TPSA) is 146 Å². The molecule has 0 saturated carbocycles. The summed E-state index contributed by atoms with van der Waals surface area (Å²) < 4.78 is 53.6. The molecule has 45 heavy (non-hydrogen) atoms. The molecule has 4 aromatic rings. The number of carbonyl (C=O) groups is 4. The second-order valence-electron chi connectivity index (χ2n) is 9.88. The highest BCUT2D eigenvalue weighted by Crippen LogP contribution is 2.41. The molecule has 10 nitrogen and oxygen atoms in total. The van der Waals surface area contributed by atoms with Crippen LogP contribution in [-0.4, -0.2) is 61.2 Å². The van der Waals surface area contributed by atoms with E-state index < -0.39 is 23.6 Å². The smallest absolute Gasteiger partial charge is 0.303 e. The van der Waals surface area contributed by atoms with Gasteiger partial charge in [0.1, 0.15) is 0 Å². The standard InChI is InChI=1S/C31H30F2O10S2/c1-40-20-14-22-16(12-24(44-22)18(34)6-8-26(36)37)28(32)30(20)42-10-4-3-5-11-43-31-21(41-2)15-23-17(29(31)33)13-25(45-23)19(35)7-9-27(38)39/h12-15H,3-11H2,1-2H3,(H,36,37)(H,38,39). The molecule has 4 rings (SSSR count). The van der Waals surface area contributed by atoms with Gasteiger partial charge in [0, 0.05) is 45.1 Å². The first-order valence-electron chi connectivity index (χ1n) is 13.9. The number of carboxylic acid groups (broad SMARTS) is 2. The fourth-order valence-corrected chi connectivity index (χ4v) is 6.57. The van der Waals surface area contributed by atoms with Gasteiger partial charge in [-0.2, -0.15) is 0 Å². The predicted molar refractivity (Wildman–Crippen MR) is 164 cm³/mol. The Hall–Kier alpha value is -4.30. The van der Waals surface area contributed by atoms with E-state index >= 15 is 8.78 Å². The molecule has 0 radical (unpaired) electrons. The fraction of sp³-hybridized carbons (Fsp3) is 0.355. The molecule has 2 heterocycles. The maximum absolute atomic E-state index is 15.3. The Bertz CT molecular complexity index is 1620. The number of aliphatic carboxylic acids is 2. The van der Waals surface area contributed by atoms with Crippen LogP contribution in [0.2, 0.25) is 0 Å². The van der Waals surface area contributed by atoms with E-state index in [2.05, 4.69) is 0 Å². The molecule has 0 amide bonds. The lowest BCUT2D eigenvalue weighted by Crippen LogP contribution is -2.04. The molecular weight excluding hydrogens is 634 g/mol. The number of ether oxygens (including phenoxy) is 4. The lowest BCUT2D eigenvalue weighted by molar-refractivity contribution is -0.137. The van der Waals surface area contributed by atoms with Gasteiger partial charge in [-0.1, -0.05) is 0 Å². The zero-order chi connectivity index (χ0) is 32.7. The molecule has 0 aliphatic carbocycles. The number of hydrogen-bond donors (Lipinski definition) is 2. The van der Waals surface area contributed by atoms with Crippen molar-refractivity contribution in [1.29, 1.82) is 0 Å². The van der Waals surface area contributed by atoms with Gasteiger partial charge in [-0.25, -0.2) is 8.78 Å². The number of carboxylic acids is 2. The van der Waals surface area contributed by atoms with Gasteiger partial charge in [0.25, 0.3) is 0 Å². The summed E-state index contributed by atoms with van der Waals surface area (Å²) in [6, 6.07) is 5.92. The third kappa shape index (κ3) is 8.05. The van der Waals surface area contributed by atoms with Crippen LogP contribution in [0.25, 0.3) is 20.2 Å². The Labute approximate surface area is 264 Å². The monoisotopic (exact) mass is 664 g/mol. The number of ketones is 2. The van der Waals surface area contributed by atoms with E-state index in [4.69, 9.17) is 29.2 Å². The first-order valence-corrected chi connectivity index (χ1v) is 15.5. The van der Waals surface area contributed by atoms with Crippen LogP contribution in [0.15, 0.2) is 24.3 Å². The van der Waals surface area contributed by atoms with Crippen LogP contribution in [0.5, 0.6) is 23.0 Å². The highest BCUT2D eigenvalue weighted by atomic mass is 32.1. The molecule has 2 aromatic heterocycles. The van der Waals surface area contributed by atoms with Gasteiger partial charge in [-0.15, -0.1) is 22.7 Å². The summed E-state index contributed by atoms with van der Waals surface area (Å²) in [4.78, 5) is 46.7. The van der Waals surface area contributed by atoms with Gasteiger partial charge >= 0.3 is 11.9 Å². The lowest BCUT2D eigenvalue weighted by atomic mass is 10.1. The number of halogens is 2. The summed E-state index contributed by atoms with van der Waals surface area (Å²) in [5, 5.41) is 18.0. The van der Waals surface area contributed by atoms with E-state index in [9.17, 15) is 19.2 Å². The van der Waals surface area contributed by atoms with Crippen LogP contribution in [0.3, 0.4) is 0 Å². The minimum Gasteiger partial charge on any atom is -0.493 e. The average Bonchev–Trinajstić information content (AvgIpc) is 3.65. The molecule has 0 atom stereocenters. The lowest BCUT2D eigenvalue weighted by Gasteiger charge is -2.13. The molecule has 2 N–H and O–H groups in total. The van der Waals surface area contributed by atoms with Crippen LogP contribution < -0.4 is 18.9 Å². The van der Waals surface area contributed by atoms with Crippen molar-refractivity contribution in [3.05, 3.63) is 45.7 Å². The summed E-state index contributed by atoms with van der Waals surface area (Å²) >= 11 is 2.11. The zero-order valence-corrected chi connectivity index (χ0v) is 26.0. The molecule has 0 saturated heterocycles. The summed E-state index contributed by atoms with van der Waals surface area (Å²) in [7, 11) is 2.74. The number of carbonyl (C=O) groups excluding carboxylic acids is 2. The molecule has 14 heteroatoms. The summed E-state index contributed by atoms with van der Waals surface area (Å²) in [6.45, 7) is 0.287.